The van der Waals surface area contributed by atoms with Crippen LogP contribution in [0.3, 0.4) is 0 Å². The van der Waals surface area contributed by atoms with E-state index in [9.17, 15) is 18.0 Å². The molecule has 3 rings (SSSR count). The van der Waals surface area contributed by atoms with Crippen molar-refractivity contribution in [2.75, 3.05) is 31.6 Å². The van der Waals surface area contributed by atoms with Gasteiger partial charge in [0, 0.05) is 19.2 Å². The van der Waals surface area contributed by atoms with Crippen LogP contribution in [-0.4, -0.2) is 58.5 Å². The Labute approximate surface area is 243 Å². The number of benzene rings is 3. The van der Waals surface area contributed by atoms with E-state index in [1.165, 1.54) is 37.3 Å². The smallest absolute Gasteiger partial charge is 0.264 e. The molecule has 0 saturated heterocycles. The predicted molar refractivity (Wildman–Crippen MR) is 160 cm³/mol. The van der Waals surface area contributed by atoms with Crippen LogP contribution in [0.25, 0.3) is 0 Å². The van der Waals surface area contributed by atoms with Crippen LogP contribution < -0.4 is 19.1 Å². The van der Waals surface area contributed by atoms with Gasteiger partial charge in [0.2, 0.25) is 11.8 Å². The number of rotatable bonds is 13. The Bertz CT molecular complexity index is 1440. The van der Waals surface area contributed by atoms with Gasteiger partial charge in [-0.1, -0.05) is 61.9 Å². The van der Waals surface area contributed by atoms with E-state index < -0.39 is 28.5 Å². The molecule has 0 fully saturated rings. The fourth-order valence-electron chi connectivity index (χ4n) is 4.27. The topological polar surface area (TPSA) is 105 Å². The third-order valence-corrected chi connectivity index (χ3v) is 8.34. The van der Waals surface area contributed by atoms with Crippen LogP contribution in [0.1, 0.15) is 31.9 Å². The fourth-order valence-corrected chi connectivity index (χ4v) is 5.70. The summed E-state index contributed by atoms with van der Waals surface area (Å²) in [4.78, 5) is 28.6. The van der Waals surface area contributed by atoms with Crippen molar-refractivity contribution in [1.82, 2.24) is 10.2 Å². The van der Waals surface area contributed by atoms with Crippen molar-refractivity contribution in [1.29, 1.82) is 0 Å². The molecule has 0 unspecified atom stereocenters. The van der Waals surface area contributed by atoms with Crippen LogP contribution in [0, 0.1) is 12.8 Å². The number of hydrogen-bond donors (Lipinski definition) is 1. The molecule has 0 bridgehead atoms. The minimum absolute atomic E-state index is 0.0237. The van der Waals surface area contributed by atoms with Gasteiger partial charge in [0.05, 0.1) is 24.8 Å². The first kappa shape index (κ1) is 31.5. The van der Waals surface area contributed by atoms with Crippen LogP contribution in [0.5, 0.6) is 11.5 Å². The molecule has 3 aromatic carbocycles. The zero-order valence-corrected chi connectivity index (χ0v) is 25.3. The van der Waals surface area contributed by atoms with Gasteiger partial charge in [0.15, 0.2) is 11.5 Å². The van der Waals surface area contributed by atoms with Gasteiger partial charge in [-0.2, -0.15) is 0 Å². The van der Waals surface area contributed by atoms with Crippen LogP contribution in [-0.2, 0) is 26.2 Å². The molecule has 1 atom stereocenters. The van der Waals surface area contributed by atoms with E-state index in [0.29, 0.717) is 18.0 Å². The lowest BCUT2D eigenvalue weighted by Crippen LogP contribution is -2.51. The number of nitrogens with one attached hydrogen (secondary N) is 1. The van der Waals surface area contributed by atoms with Gasteiger partial charge in [-0.25, -0.2) is 8.42 Å². The summed E-state index contributed by atoms with van der Waals surface area (Å²) in [5.74, 6) is 0.0971. The lowest BCUT2D eigenvalue weighted by atomic mass is 10.1. The largest absolute Gasteiger partial charge is 0.493 e. The number of anilines is 1. The minimum atomic E-state index is -4.19. The molecule has 0 spiro atoms. The van der Waals surface area contributed by atoms with E-state index >= 15 is 0 Å². The monoisotopic (exact) mass is 581 g/mol. The molecule has 0 aromatic heterocycles. The highest BCUT2D eigenvalue weighted by Crippen LogP contribution is 2.34. The molecule has 1 N–H and O–H groups in total. The van der Waals surface area contributed by atoms with Gasteiger partial charge in [0.1, 0.15) is 12.6 Å². The molecule has 9 nitrogen and oxygen atoms in total. The van der Waals surface area contributed by atoms with Gasteiger partial charge in [-0.3, -0.25) is 13.9 Å². The third-order valence-electron chi connectivity index (χ3n) is 6.55. The zero-order valence-electron chi connectivity index (χ0n) is 24.5. The predicted octanol–water partition coefficient (Wildman–Crippen LogP) is 4.40. The maximum absolute atomic E-state index is 14.0. The van der Waals surface area contributed by atoms with Crippen LogP contribution >= 0.6 is 0 Å². The highest BCUT2D eigenvalue weighted by atomic mass is 32.2. The van der Waals surface area contributed by atoms with Gasteiger partial charge in [0.25, 0.3) is 10.0 Å². The van der Waals surface area contributed by atoms with E-state index in [4.69, 9.17) is 9.47 Å². The number of ether oxygens (including phenoxy) is 2. The summed E-state index contributed by atoms with van der Waals surface area (Å²) in [5.41, 5.74) is 2.04. The molecular formula is C31H39N3O6S. The third kappa shape index (κ3) is 8.00. The van der Waals surface area contributed by atoms with Crippen molar-refractivity contribution in [3.8, 4) is 11.5 Å². The summed E-state index contributed by atoms with van der Waals surface area (Å²) in [7, 11) is -1.26. The number of sulfonamides is 1. The Morgan fingerprint density at radius 3 is 2.17 bits per heavy atom. The summed E-state index contributed by atoms with van der Waals surface area (Å²) in [6.45, 7) is 7.60. The van der Waals surface area contributed by atoms with Crippen molar-refractivity contribution in [2.24, 2.45) is 5.92 Å². The second kappa shape index (κ2) is 14.0. The Hall–Kier alpha value is -4.05. The Morgan fingerprint density at radius 2 is 1.56 bits per heavy atom. The van der Waals surface area contributed by atoms with E-state index in [1.807, 2.05) is 45.0 Å². The molecule has 0 aliphatic heterocycles. The first-order valence-corrected chi connectivity index (χ1v) is 14.8. The lowest BCUT2D eigenvalue weighted by molar-refractivity contribution is -0.139. The highest BCUT2D eigenvalue weighted by molar-refractivity contribution is 7.92. The molecule has 0 saturated carbocycles. The Morgan fingerprint density at radius 1 is 0.878 bits per heavy atom. The number of aryl methyl sites for hydroxylation is 1. The molecular weight excluding hydrogens is 542 g/mol. The number of nitrogens with zero attached hydrogens (tertiary/aromatic N) is 2. The summed E-state index contributed by atoms with van der Waals surface area (Å²) in [5, 5.41) is 2.89. The number of carbonyl (C=O) groups excluding carboxylic acids is 2. The molecule has 0 heterocycles. The average Bonchev–Trinajstić information content (AvgIpc) is 2.96. The molecule has 220 valence electrons. The van der Waals surface area contributed by atoms with Crippen molar-refractivity contribution in [3.63, 3.8) is 0 Å². The number of amides is 2. The Balaban J connectivity index is 2.06. The minimum Gasteiger partial charge on any atom is -0.493 e. The molecule has 10 heteroatoms. The normalized spacial score (nSPS) is 12.0. The van der Waals surface area contributed by atoms with Crippen molar-refractivity contribution >= 4 is 27.5 Å². The fraction of sp³-hybridized carbons (Fsp3) is 0.355. The maximum Gasteiger partial charge on any atom is 0.264 e. The van der Waals surface area contributed by atoms with E-state index in [2.05, 4.69) is 5.32 Å². The van der Waals surface area contributed by atoms with E-state index in [1.54, 1.807) is 37.3 Å². The Kier molecular flexibility index (Phi) is 10.8. The van der Waals surface area contributed by atoms with Crippen molar-refractivity contribution < 1.29 is 27.5 Å². The van der Waals surface area contributed by atoms with Crippen molar-refractivity contribution in [2.45, 2.75) is 45.2 Å². The second-order valence-electron chi connectivity index (χ2n) is 10.2. The summed E-state index contributed by atoms with van der Waals surface area (Å²) in [6, 6.07) is 19.3. The zero-order chi connectivity index (χ0) is 30.2. The van der Waals surface area contributed by atoms with Gasteiger partial charge in [-0.05, 0) is 49.6 Å². The van der Waals surface area contributed by atoms with Crippen LogP contribution in [0.2, 0.25) is 0 Å². The number of carbonyl (C=O) groups is 2. The first-order valence-electron chi connectivity index (χ1n) is 13.4. The van der Waals surface area contributed by atoms with Gasteiger partial charge in [-0.15, -0.1) is 0 Å². The highest BCUT2D eigenvalue weighted by Gasteiger charge is 2.33. The molecule has 0 radical (unpaired) electrons. The van der Waals surface area contributed by atoms with E-state index in [-0.39, 0.29) is 29.0 Å². The summed E-state index contributed by atoms with van der Waals surface area (Å²) < 4.78 is 39.6. The first-order chi connectivity index (χ1) is 19.5. The molecule has 41 heavy (non-hydrogen) atoms. The number of hydrogen-bond acceptors (Lipinski definition) is 6. The van der Waals surface area contributed by atoms with Crippen LogP contribution in [0.4, 0.5) is 5.69 Å². The lowest BCUT2D eigenvalue weighted by Gasteiger charge is -2.32. The second-order valence-corrected chi connectivity index (χ2v) is 12.1. The average molecular weight is 582 g/mol. The molecule has 0 aliphatic rings. The molecule has 0 aliphatic carbocycles. The maximum atomic E-state index is 14.0. The summed E-state index contributed by atoms with van der Waals surface area (Å²) >= 11 is 0. The van der Waals surface area contributed by atoms with E-state index in [0.717, 1.165) is 15.4 Å². The standard InChI is InChI=1S/C31H39N3O6S/c1-22(2)19-32-31(36)24(4)33(20-25-12-10-11-23(3)17-25)30(35)21-34(41(37,38)27-13-8-7-9-14-27)26-15-16-28(39-5)29(18-26)40-6/h7-18,22,24H,19-21H2,1-6H3,(H,32,36)/t24-/m0/s1. The van der Waals surface area contributed by atoms with Gasteiger partial charge < -0.3 is 19.7 Å². The molecule has 3 aromatic rings. The summed E-state index contributed by atoms with van der Waals surface area (Å²) in [6.07, 6.45) is 0. The van der Waals surface area contributed by atoms with Gasteiger partial charge >= 0.3 is 0 Å². The number of methoxy groups -OCH3 is 2. The SMILES string of the molecule is COc1ccc(N(CC(=O)N(Cc2cccc(C)c2)[C@@H](C)C(=O)NCC(C)C)S(=O)(=O)c2ccccc2)cc1OC. The van der Waals surface area contributed by atoms with Crippen molar-refractivity contribution in [3.05, 3.63) is 83.9 Å². The molecule has 2 amide bonds. The quantitative estimate of drug-likeness (QED) is 0.321. The van der Waals surface area contributed by atoms with Crippen LogP contribution in [0.15, 0.2) is 77.7 Å².